The Morgan fingerprint density at radius 1 is 1.56 bits per heavy atom. The summed E-state index contributed by atoms with van der Waals surface area (Å²) in [5.41, 5.74) is 0.203. The molecule has 2 rings (SSSR count). The number of methoxy groups -OCH3 is 1. The van der Waals surface area contributed by atoms with Crippen LogP contribution in [0.25, 0.3) is 0 Å². The van der Waals surface area contributed by atoms with Crippen molar-refractivity contribution in [3.8, 4) is 0 Å². The number of hydrogen-bond acceptors (Lipinski definition) is 6. The van der Waals surface area contributed by atoms with Crippen LogP contribution in [0.4, 0.5) is 5.82 Å². The second-order valence-electron chi connectivity index (χ2n) is 4.53. The molecule has 0 bridgehead atoms. The summed E-state index contributed by atoms with van der Waals surface area (Å²) < 4.78 is 4.62. The zero-order chi connectivity index (χ0) is 13.1. The molecule has 0 aromatic carbocycles. The molecule has 6 nitrogen and oxygen atoms in total. The predicted octanol–water partition coefficient (Wildman–Crippen LogP) is 0.470. The van der Waals surface area contributed by atoms with Gasteiger partial charge in [0.25, 0.3) is 0 Å². The molecule has 98 valence electrons. The molecule has 1 N–H and O–H groups in total. The monoisotopic (exact) mass is 251 g/mol. The van der Waals surface area contributed by atoms with Gasteiger partial charge >= 0.3 is 5.97 Å². The van der Waals surface area contributed by atoms with E-state index in [2.05, 4.69) is 14.7 Å². The molecule has 1 fully saturated rings. The Labute approximate surface area is 106 Å². The van der Waals surface area contributed by atoms with Gasteiger partial charge in [-0.15, -0.1) is 0 Å². The second kappa shape index (κ2) is 5.30. The van der Waals surface area contributed by atoms with Gasteiger partial charge in [0.05, 0.1) is 25.6 Å². The summed E-state index contributed by atoms with van der Waals surface area (Å²) in [7, 11) is 1.32. The van der Waals surface area contributed by atoms with Gasteiger partial charge < -0.3 is 14.7 Å². The third-order valence-corrected chi connectivity index (χ3v) is 3.20. The lowest BCUT2D eigenvalue weighted by Crippen LogP contribution is -2.42. The molecule has 1 aromatic heterocycles. The average Bonchev–Trinajstić information content (AvgIpc) is 2.41. The van der Waals surface area contributed by atoms with Crippen LogP contribution in [0.1, 0.15) is 23.8 Å². The first-order valence-corrected chi connectivity index (χ1v) is 5.95. The van der Waals surface area contributed by atoms with E-state index in [0.717, 1.165) is 0 Å². The van der Waals surface area contributed by atoms with Crippen molar-refractivity contribution in [2.45, 2.75) is 19.4 Å². The van der Waals surface area contributed by atoms with E-state index in [0.29, 0.717) is 25.3 Å². The number of carbonyl (C=O) groups excluding carboxylic acids is 1. The molecule has 0 spiro atoms. The quantitative estimate of drug-likeness (QED) is 0.770. The lowest BCUT2D eigenvalue weighted by atomic mass is 9.97. The number of aliphatic hydroxyl groups is 1. The van der Waals surface area contributed by atoms with Crippen LogP contribution < -0.4 is 4.90 Å². The molecule has 1 aromatic rings. The number of hydrogen-bond donors (Lipinski definition) is 1. The maximum atomic E-state index is 11.4. The number of ether oxygens (including phenoxy) is 1. The van der Waals surface area contributed by atoms with Crippen molar-refractivity contribution in [2.24, 2.45) is 5.92 Å². The molecule has 1 aliphatic rings. The molecular formula is C12H17N3O3. The van der Waals surface area contributed by atoms with E-state index < -0.39 is 5.97 Å². The Morgan fingerprint density at radius 2 is 2.33 bits per heavy atom. The zero-order valence-electron chi connectivity index (χ0n) is 10.5. The third-order valence-electron chi connectivity index (χ3n) is 3.20. The number of anilines is 1. The molecule has 2 atom stereocenters. The Bertz CT molecular complexity index is 438. The minimum atomic E-state index is -0.491. The summed E-state index contributed by atoms with van der Waals surface area (Å²) in [4.78, 5) is 21.6. The first-order chi connectivity index (χ1) is 8.61. The van der Waals surface area contributed by atoms with E-state index in [9.17, 15) is 9.90 Å². The second-order valence-corrected chi connectivity index (χ2v) is 4.53. The molecule has 0 aliphatic carbocycles. The van der Waals surface area contributed by atoms with Crippen molar-refractivity contribution < 1.29 is 14.6 Å². The highest BCUT2D eigenvalue weighted by Crippen LogP contribution is 2.21. The molecular weight excluding hydrogens is 234 g/mol. The third kappa shape index (κ3) is 2.59. The standard InChI is InChI=1S/C12H17N3O3/c1-8-7-15(4-3-10(8)16)11-6-13-5-9(14-11)12(17)18-2/h5-6,8,10,16H,3-4,7H2,1-2H3. The highest BCUT2D eigenvalue weighted by atomic mass is 16.5. The van der Waals surface area contributed by atoms with Crippen LogP contribution in [-0.4, -0.2) is 47.3 Å². The van der Waals surface area contributed by atoms with Crippen molar-refractivity contribution in [3.05, 3.63) is 18.1 Å². The summed E-state index contributed by atoms with van der Waals surface area (Å²) in [6.07, 6.45) is 3.44. The van der Waals surface area contributed by atoms with Crippen LogP contribution in [0, 0.1) is 5.92 Å². The van der Waals surface area contributed by atoms with E-state index >= 15 is 0 Å². The maximum Gasteiger partial charge on any atom is 0.358 e. The number of nitrogens with zero attached hydrogens (tertiary/aromatic N) is 3. The van der Waals surface area contributed by atoms with Gasteiger partial charge in [0.1, 0.15) is 5.82 Å². The first kappa shape index (κ1) is 12.8. The van der Waals surface area contributed by atoms with Crippen molar-refractivity contribution >= 4 is 11.8 Å². The largest absolute Gasteiger partial charge is 0.464 e. The van der Waals surface area contributed by atoms with Crippen LogP contribution in [0.15, 0.2) is 12.4 Å². The topological polar surface area (TPSA) is 75.5 Å². The van der Waals surface area contributed by atoms with Crippen molar-refractivity contribution in [1.29, 1.82) is 0 Å². The van der Waals surface area contributed by atoms with E-state index in [4.69, 9.17) is 0 Å². The molecule has 18 heavy (non-hydrogen) atoms. The van der Waals surface area contributed by atoms with Crippen LogP contribution >= 0.6 is 0 Å². The average molecular weight is 251 g/mol. The van der Waals surface area contributed by atoms with Gasteiger partial charge in [-0.3, -0.25) is 4.98 Å². The van der Waals surface area contributed by atoms with Gasteiger partial charge in [0, 0.05) is 13.1 Å². The number of esters is 1. The molecule has 0 amide bonds. The Hall–Kier alpha value is -1.69. The number of piperidine rings is 1. The highest BCUT2D eigenvalue weighted by molar-refractivity contribution is 5.87. The van der Waals surface area contributed by atoms with E-state index in [1.54, 1.807) is 6.20 Å². The van der Waals surface area contributed by atoms with Crippen molar-refractivity contribution in [1.82, 2.24) is 9.97 Å². The smallest absolute Gasteiger partial charge is 0.358 e. The molecule has 6 heteroatoms. The van der Waals surface area contributed by atoms with E-state index in [-0.39, 0.29) is 17.7 Å². The van der Waals surface area contributed by atoms with Gasteiger partial charge in [0.15, 0.2) is 5.69 Å². The summed E-state index contributed by atoms with van der Waals surface area (Å²) in [6.45, 7) is 3.42. The van der Waals surface area contributed by atoms with Crippen LogP contribution in [-0.2, 0) is 4.74 Å². The van der Waals surface area contributed by atoms with Gasteiger partial charge in [-0.05, 0) is 12.3 Å². The summed E-state index contributed by atoms with van der Waals surface area (Å²) in [6, 6.07) is 0. The summed E-state index contributed by atoms with van der Waals surface area (Å²) in [5.74, 6) is 0.341. The van der Waals surface area contributed by atoms with Crippen LogP contribution in [0.3, 0.4) is 0 Å². The van der Waals surface area contributed by atoms with Crippen LogP contribution in [0.2, 0.25) is 0 Å². The molecule has 0 saturated carbocycles. The zero-order valence-corrected chi connectivity index (χ0v) is 10.5. The van der Waals surface area contributed by atoms with Crippen molar-refractivity contribution in [2.75, 3.05) is 25.1 Å². The minimum absolute atomic E-state index is 0.183. The molecule has 2 heterocycles. The first-order valence-electron chi connectivity index (χ1n) is 5.95. The number of carbonyl (C=O) groups is 1. The fourth-order valence-corrected chi connectivity index (χ4v) is 2.05. The highest BCUT2D eigenvalue weighted by Gasteiger charge is 2.25. The number of aromatic nitrogens is 2. The summed E-state index contributed by atoms with van der Waals surface area (Å²) in [5, 5.41) is 9.69. The fourth-order valence-electron chi connectivity index (χ4n) is 2.05. The van der Waals surface area contributed by atoms with Gasteiger partial charge in [-0.25, -0.2) is 9.78 Å². The molecule has 1 aliphatic heterocycles. The summed E-state index contributed by atoms with van der Waals surface area (Å²) >= 11 is 0. The SMILES string of the molecule is COC(=O)c1cncc(N2CCC(O)C(C)C2)n1. The molecule has 0 radical (unpaired) electrons. The lowest BCUT2D eigenvalue weighted by molar-refractivity contribution is 0.0593. The van der Waals surface area contributed by atoms with E-state index in [1.165, 1.54) is 13.3 Å². The Morgan fingerprint density at radius 3 is 3.00 bits per heavy atom. The number of aliphatic hydroxyl groups excluding tert-OH is 1. The minimum Gasteiger partial charge on any atom is -0.464 e. The number of rotatable bonds is 2. The normalized spacial score (nSPS) is 23.8. The van der Waals surface area contributed by atoms with Gasteiger partial charge in [-0.2, -0.15) is 0 Å². The maximum absolute atomic E-state index is 11.4. The van der Waals surface area contributed by atoms with E-state index in [1.807, 2.05) is 11.8 Å². The Kier molecular flexibility index (Phi) is 3.76. The predicted molar refractivity (Wildman–Crippen MR) is 65.4 cm³/mol. The lowest BCUT2D eigenvalue weighted by Gasteiger charge is -2.34. The molecule has 2 unspecified atom stereocenters. The van der Waals surface area contributed by atoms with Crippen LogP contribution in [0.5, 0.6) is 0 Å². The van der Waals surface area contributed by atoms with Gasteiger partial charge in [0.2, 0.25) is 0 Å². The van der Waals surface area contributed by atoms with Gasteiger partial charge in [-0.1, -0.05) is 6.92 Å². The fraction of sp³-hybridized carbons (Fsp3) is 0.583. The molecule has 1 saturated heterocycles. The van der Waals surface area contributed by atoms with Crippen molar-refractivity contribution in [3.63, 3.8) is 0 Å². The Balaban J connectivity index is 2.16.